The highest BCUT2D eigenvalue weighted by Crippen LogP contribution is 2.43. The van der Waals surface area contributed by atoms with Gasteiger partial charge >= 0.3 is 11.9 Å². The van der Waals surface area contributed by atoms with E-state index in [1.807, 2.05) is 24.3 Å². The highest BCUT2D eigenvalue weighted by Gasteiger charge is 2.31. The van der Waals surface area contributed by atoms with E-state index in [4.69, 9.17) is 4.74 Å². The second kappa shape index (κ2) is 14.5. The van der Waals surface area contributed by atoms with E-state index in [-0.39, 0.29) is 23.6 Å². The second-order valence-electron chi connectivity index (χ2n) is 11.5. The van der Waals surface area contributed by atoms with Crippen LogP contribution in [0.3, 0.4) is 0 Å². The van der Waals surface area contributed by atoms with Crippen molar-refractivity contribution in [1.29, 1.82) is 0 Å². The van der Waals surface area contributed by atoms with Crippen LogP contribution in [-0.2, 0) is 22.4 Å². The zero-order valence-corrected chi connectivity index (χ0v) is 28.1. The number of thioether (sulfide) groups is 1. The standard InChI is InChI=1S/C38H34N2O6S2/c1-3-46-38(45)33-28-19-18-25(23-10-5-4-6-11-23)20-31(28)48-36(33)40-34(41)22(2)47-27-15-9-14-26(21-27)39-35(42)29-16-7-12-24-13-8-17-30(32(24)29)37(43)44/h4-17,21-22,25H,3,18-20H2,1-2H3,(H,39,42)(H,40,41)(H,43,44). The molecule has 244 valence electrons. The Morgan fingerprint density at radius 2 is 1.67 bits per heavy atom. The van der Waals surface area contributed by atoms with Crippen LogP contribution in [0.15, 0.2) is 95.9 Å². The number of ether oxygens (including phenoxy) is 1. The molecule has 0 bridgehead atoms. The van der Waals surface area contributed by atoms with E-state index in [0.717, 1.165) is 34.6 Å². The quantitative estimate of drug-likeness (QED) is 0.100. The number of hydrogen-bond acceptors (Lipinski definition) is 7. The molecule has 0 spiro atoms. The van der Waals surface area contributed by atoms with E-state index >= 15 is 0 Å². The largest absolute Gasteiger partial charge is 0.478 e. The van der Waals surface area contributed by atoms with Crippen molar-refractivity contribution in [1.82, 2.24) is 0 Å². The molecule has 0 saturated heterocycles. The molecule has 1 aliphatic rings. The van der Waals surface area contributed by atoms with Crippen molar-refractivity contribution in [3.05, 3.63) is 124 Å². The lowest BCUT2D eigenvalue weighted by Crippen LogP contribution is -2.23. The zero-order chi connectivity index (χ0) is 33.8. The van der Waals surface area contributed by atoms with Crippen molar-refractivity contribution in [2.24, 2.45) is 0 Å². The summed E-state index contributed by atoms with van der Waals surface area (Å²) in [5.74, 6) is -1.88. The van der Waals surface area contributed by atoms with E-state index in [9.17, 15) is 24.3 Å². The Morgan fingerprint density at radius 1 is 0.938 bits per heavy atom. The van der Waals surface area contributed by atoms with Crippen molar-refractivity contribution in [3.63, 3.8) is 0 Å². The number of esters is 1. The van der Waals surface area contributed by atoms with Gasteiger partial charge in [-0.05, 0) is 85.9 Å². The molecular weight excluding hydrogens is 645 g/mol. The van der Waals surface area contributed by atoms with Crippen molar-refractivity contribution < 1.29 is 29.0 Å². The topological polar surface area (TPSA) is 122 Å². The molecule has 1 aromatic heterocycles. The van der Waals surface area contributed by atoms with Crippen molar-refractivity contribution in [2.75, 3.05) is 17.2 Å². The number of carbonyl (C=O) groups excluding carboxylic acids is 3. The van der Waals surface area contributed by atoms with Gasteiger partial charge in [-0.25, -0.2) is 9.59 Å². The normalized spacial score (nSPS) is 14.5. The first kappa shape index (κ1) is 33.0. The fourth-order valence-electron chi connectivity index (χ4n) is 6.13. The number of carboxylic acid groups (broad SMARTS) is 1. The highest BCUT2D eigenvalue weighted by molar-refractivity contribution is 8.00. The molecule has 8 nitrogen and oxygen atoms in total. The van der Waals surface area contributed by atoms with Crippen LogP contribution < -0.4 is 10.6 Å². The minimum absolute atomic E-state index is 0.0520. The molecule has 2 amide bonds. The average molecular weight is 679 g/mol. The molecule has 0 saturated carbocycles. The van der Waals surface area contributed by atoms with Gasteiger partial charge in [0.05, 0.1) is 23.0 Å². The molecule has 1 heterocycles. The summed E-state index contributed by atoms with van der Waals surface area (Å²) in [4.78, 5) is 53.7. The molecule has 4 aromatic carbocycles. The van der Waals surface area contributed by atoms with Crippen LogP contribution in [0.5, 0.6) is 0 Å². The van der Waals surface area contributed by atoms with Gasteiger partial charge in [-0.15, -0.1) is 23.1 Å². The molecule has 0 radical (unpaired) electrons. The van der Waals surface area contributed by atoms with E-state index in [1.54, 1.807) is 62.4 Å². The summed E-state index contributed by atoms with van der Waals surface area (Å²) in [7, 11) is 0. The lowest BCUT2D eigenvalue weighted by molar-refractivity contribution is -0.115. The second-order valence-corrected chi connectivity index (χ2v) is 14.0. The number of aromatic carboxylic acids is 1. The van der Waals surface area contributed by atoms with Gasteiger partial charge < -0.3 is 20.5 Å². The predicted octanol–water partition coefficient (Wildman–Crippen LogP) is 8.42. The lowest BCUT2D eigenvalue weighted by atomic mass is 9.83. The van der Waals surface area contributed by atoms with Gasteiger partial charge in [-0.3, -0.25) is 9.59 Å². The molecule has 3 N–H and O–H groups in total. The third-order valence-electron chi connectivity index (χ3n) is 8.41. The maximum Gasteiger partial charge on any atom is 0.341 e. The number of fused-ring (bicyclic) bond motifs is 2. The molecule has 0 fully saturated rings. The van der Waals surface area contributed by atoms with Crippen molar-refractivity contribution in [3.8, 4) is 0 Å². The number of carbonyl (C=O) groups is 4. The number of thiophene rings is 1. The first-order valence-corrected chi connectivity index (χ1v) is 17.4. The Balaban J connectivity index is 1.17. The molecule has 0 aliphatic heterocycles. The molecule has 10 heteroatoms. The summed E-state index contributed by atoms with van der Waals surface area (Å²) in [6.07, 6.45) is 2.44. The Kier molecular flexibility index (Phi) is 9.93. The third kappa shape index (κ3) is 7.00. The summed E-state index contributed by atoms with van der Waals surface area (Å²) >= 11 is 2.77. The summed E-state index contributed by atoms with van der Waals surface area (Å²) in [6.45, 7) is 3.80. The fraction of sp³-hybridized carbons (Fsp3) is 0.211. The number of nitrogens with one attached hydrogen (secondary N) is 2. The van der Waals surface area contributed by atoms with Gasteiger partial charge in [0, 0.05) is 26.4 Å². The number of hydrogen-bond donors (Lipinski definition) is 3. The number of carboxylic acids is 1. The van der Waals surface area contributed by atoms with Crippen LogP contribution in [-0.4, -0.2) is 40.7 Å². The van der Waals surface area contributed by atoms with Crippen molar-refractivity contribution in [2.45, 2.75) is 49.2 Å². The van der Waals surface area contributed by atoms with E-state index < -0.39 is 23.1 Å². The molecular formula is C38H34N2O6S2. The smallest absolute Gasteiger partial charge is 0.341 e. The molecule has 1 aliphatic carbocycles. The van der Waals surface area contributed by atoms with Crippen LogP contribution in [0.1, 0.15) is 73.3 Å². The summed E-state index contributed by atoms with van der Waals surface area (Å²) in [5, 5.41) is 16.6. The molecule has 6 rings (SSSR count). The first-order valence-electron chi connectivity index (χ1n) is 15.7. The summed E-state index contributed by atoms with van der Waals surface area (Å²) in [5.41, 5.74) is 3.50. The van der Waals surface area contributed by atoms with Crippen LogP contribution in [0.25, 0.3) is 10.8 Å². The third-order valence-corrected chi connectivity index (χ3v) is 10.7. The van der Waals surface area contributed by atoms with E-state index in [1.165, 1.54) is 34.7 Å². The minimum atomic E-state index is -1.11. The van der Waals surface area contributed by atoms with E-state index in [0.29, 0.717) is 32.9 Å². The van der Waals surface area contributed by atoms with Gasteiger partial charge in [0.2, 0.25) is 5.91 Å². The average Bonchev–Trinajstić information content (AvgIpc) is 3.45. The van der Waals surface area contributed by atoms with Crippen molar-refractivity contribution >= 4 is 68.3 Å². The monoisotopic (exact) mass is 678 g/mol. The summed E-state index contributed by atoms with van der Waals surface area (Å²) < 4.78 is 5.41. The maximum atomic E-state index is 13.5. The zero-order valence-electron chi connectivity index (χ0n) is 26.4. The van der Waals surface area contributed by atoms with Gasteiger partial charge in [0.1, 0.15) is 5.00 Å². The minimum Gasteiger partial charge on any atom is -0.478 e. The Bertz CT molecular complexity index is 2020. The number of anilines is 2. The van der Waals surface area contributed by atoms with Gasteiger partial charge in [-0.2, -0.15) is 0 Å². The number of benzene rings is 4. The first-order chi connectivity index (χ1) is 23.2. The molecule has 2 atom stereocenters. The molecule has 2 unspecified atom stereocenters. The van der Waals surface area contributed by atoms with Crippen LogP contribution in [0, 0.1) is 0 Å². The number of amides is 2. The van der Waals surface area contributed by atoms with Crippen LogP contribution >= 0.6 is 23.1 Å². The SMILES string of the molecule is CCOC(=O)c1c(NC(=O)C(C)Sc2cccc(NC(=O)c3cccc4cccc(C(=O)O)c34)c2)sc2c1CCC(c1ccccc1)C2. The van der Waals surface area contributed by atoms with Gasteiger partial charge in [0.15, 0.2) is 0 Å². The summed E-state index contributed by atoms with van der Waals surface area (Å²) in [6, 6.07) is 27.5. The number of rotatable bonds is 10. The fourth-order valence-corrected chi connectivity index (χ4v) is 8.37. The van der Waals surface area contributed by atoms with Gasteiger partial charge in [-0.1, -0.05) is 60.7 Å². The maximum absolute atomic E-state index is 13.5. The Labute approximate surface area is 286 Å². The molecule has 48 heavy (non-hydrogen) atoms. The highest BCUT2D eigenvalue weighted by atomic mass is 32.2. The Morgan fingerprint density at radius 3 is 2.40 bits per heavy atom. The van der Waals surface area contributed by atoms with Gasteiger partial charge in [0.25, 0.3) is 5.91 Å². The van der Waals surface area contributed by atoms with E-state index in [2.05, 4.69) is 22.8 Å². The molecule has 5 aromatic rings. The Hall–Kier alpha value is -4.93. The van der Waals surface area contributed by atoms with Crippen LogP contribution in [0.4, 0.5) is 10.7 Å². The predicted molar refractivity (Wildman–Crippen MR) is 191 cm³/mol. The van der Waals surface area contributed by atoms with Crippen LogP contribution in [0.2, 0.25) is 0 Å². The lowest BCUT2D eigenvalue weighted by Gasteiger charge is -2.23.